The van der Waals surface area contributed by atoms with Crippen molar-refractivity contribution in [2.45, 2.75) is 57.5 Å². The summed E-state index contributed by atoms with van der Waals surface area (Å²) in [4.78, 5) is 38.2. The number of alkyl carbamates (subject to hydrolysis) is 1. The van der Waals surface area contributed by atoms with Crippen molar-refractivity contribution in [3.8, 4) is 0 Å². The Morgan fingerprint density at radius 3 is 1.85 bits per heavy atom. The van der Waals surface area contributed by atoms with E-state index in [2.05, 4.69) is 16.0 Å². The zero-order valence-electron chi connectivity index (χ0n) is 22.9. The maximum atomic E-state index is 15.2. The number of carbonyl (C=O) groups is 3. The average molecular weight is 568 g/mol. The highest BCUT2D eigenvalue weighted by molar-refractivity contribution is 5.87. The molecule has 3 atom stereocenters. The molecule has 218 valence electrons. The number of amides is 3. The summed E-state index contributed by atoms with van der Waals surface area (Å²) in [5, 5.41) is 17.9. The van der Waals surface area contributed by atoms with E-state index in [0.29, 0.717) is 11.1 Å². The van der Waals surface area contributed by atoms with Gasteiger partial charge in [-0.25, -0.2) is 4.79 Å². The van der Waals surface area contributed by atoms with E-state index in [1.165, 1.54) is 0 Å². The van der Waals surface area contributed by atoms with Gasteiger partial charge in [-0.1, -0.05) is 105 Å². The fourth-order valence-corrected chi connectivity index (χ4v) is 4.09. The van der Waals surface area contributed by atoms with E-state index < -0.39 is 47.9 Å². The summed E-state index contributed by atoms with van der Waals surface area (Å²) in [5.74, 6) is -7.18. The highest BCUT2D eigenvalue weighted by Crippen LogP contribution is 2.24. The van der Waals surface area contributed by atoms with Gasteiger partial charge in [0.25, 0.3) is 5.91 Å². The monoisotopic (exact) mass is 567 g/mol. The number of rotatable bonds is 13. The molecule has 0 radical (unpaired) electrons. The molecule has 3 amide bonds. The molecule has 41 heavy (non-hydrogen) atoms. The molecule has 0 bridgehead atoms. The second-order valence-corrected chi connectivity index (χ2v) is 9.97. The number of nitrogens with one attached hydrogen (secondary N) is 3. The highest BCUT2D eigenvalue weighted by Gasteiger charge is 2.50. The first-order chi connectivity index (χ1) is 19.6. The predicted octanol–water partition coefficient (Wildman–Crippen LogP) is 3.98. The fraction of sp³-hybridized carbons (Fsp3) is 0.323. The molecule has 0 heterocycles. The van der Waals surface area contributed by atoms with Crippen molar-refractivity contribution in [1.82, 2.24) is 16.0 Å². The van der Waals surface area contributed by atoms with Crippen molar-refractivity contribution < 1.29 is 33.0 Å². The van der Waals surface area contributed by atoms with Crippen LogP contribution in [0.25, 0.3) is 0 Å². The summed E-state index contributed by atoms with van der Waals surface area (Å²) in [7, 11) is 0. The first-order valence-corrected chi connectivity index (χ1v) is 13.3. The van der Waals surface area contributed by atoms with Crippen LogP contribution < -0.4 is 16.0 Å². The Morgan fingerprint density at radius 2 is 1.32 bits per heavy atom. The quantitative estimate of drug-likeness (QED) is 0.249. The van der Waals surface area contributed by atoms with Gasteiger partial charge in [-0.15, -0.1) is 0 Å². The number of aliphatic hydroxyl groups excluding tert-OH is 1. The third-order valence-electron chi connectivity index (χ3n) is 6.41. The molecular weight excluding hydrogens is 532 g/mol. The lowest BCUT2D eigenvalue weighted by Gasteiger charge is -2.31. The molecule has 3 aromatic carbocycles. The molecule has 0 fully saturated rings. The predicted molar refractivity (Wildman–Crippen MR) is 150 cm³/mol. The third-order valence-corrected chi connectivity index (χ3v) is 6.41. The van der Waals surface area contributed by atoms with Crippen molar-refractivity contribution in [3.05, 3.63) is 108 Å². The summed E-state index contributed by atoms with van der Waals surface area (Å²) in [5.41, 5.74) is 1.89. The number of halogens is 2. The fourth-order valence-electron chi connectivity index (χ4n) is 4.09. The van der Waals surface area contributed by atoms with Crippen molar-refractivity contribution in [3.63, 3.8) is 0 Å². The Morgan fingerprint density at radius 1 is 0.805 bits per heavy atom. The summed E-state index contributed by atoms with van der Waals surface area (Å²) < 4.78 is 35.7. The van der Waals surface area contributed by atoms with Crippen molar-refractivity contribution in [2.75, 3.05) is 0 Å². The van der Waals surface area contributed by atoms with Crippen LogP contribution in [0.4, 0.5) is 13.6 Å². The first-order valence-electron chi connectivity index (χ1n) is 13.3. The molecule has 10 heteroatoms. The van der Waals surface area contributed by atoms with Gasteiger partial charge < -0.3 is 25.8 Å². The number of aliphatic hydroxyl groups is 1. The molecule has 1 unspecified atom stereocenters. The van der Waals surface area contributed by atoms with E-state index in [4.69, 9.17) is 4.74 Å². The van der Waals surface area contributed by atoms with E-state index in [9.17, 15) is 19.5 Å². The maximum Gasteiger partial charge on any atom is 0.408 e. The van der Waals surface area contributed by atoms with Gasteiger partial charge in [0.05, 0.1) is 6.04 Å². The van der Waals surface area contributed by atoms with Crippen LogP contribution in [-0.2, 0) is 33.9 Å². The van der Waals surface area contributed by atoms with Crippen molar-refractivity contribution in [2.24, 2.45) is 5.92 Å². The topological polar surface area (TPSA) is 117 Å². The number of hydrogen-bond acceptors (Lipinski definition) is 5. The van der Waals surface area contributed by atoms with E-state index in [-0.39, 0.29) is 19.6 Å². The van der Waals surface area contributed by atoms with Crippen molar-refractivity contribution in [1.29, 1.82) is 0 Å². The molecule has 0 aliphatic rings. The SMILES string of the molecule is CC(C)[C@H](NC(=O)OCc1ccccc1)C(=O)N[C@@H](Cc1ccccc1)C(O)C(F)(F)C(=O)NCc1ccccc1. The van der Waals surface area contributed by atoms with Gasteiger partial charge in [0.1, 0.15) is 18.8 Å². The second-order valence-electron chi connectivity index (χ2n) is 9.97. The first kappa shape index (κ1) is 31.2. The van der Waals surface area contributed by atoms with Crippen LogP contribution >= 0.6 is 0 Å². The molecular formula is C31H35F2N3O5. The summed E-state index contributed by atoms with van der Waals surface area (Å²) >= 11 is 0. The van der Waals surface area contributed by atoms with Crippen LogP contribution in [0.15, 0.2) is 91.0 Å². The molecule has 3 rings (SSSR count). The maximum absolute atomic E-state index is 15.2. The Hall–Kier alpha value is -4.31. The van der Waals surface area contributed by atoms with Crippen LogP contribution in [0.3, 0.4) is 0 Å². The van der Waals surface area contributed by atoms with Crippen LogP contribution in [0.5, 0.6) is 0 Å². The number of benzene rings is 3. The number of carbonyl (C=O) groups excluding carboxylic acids is 3. The van der Waals surface area contributed by atoms with E-state index in [1.54, 1.807) is 98.8 Å². The van der Waals surface area contributed by atoms with Gasteiger partial charge in [-0.2, -0.15) is 8.78 Å². The minimum absolute atomic E-state index is 0.0290. The zero-order chi connectivity index (χ0) is 29.8. The van der Waals surface area contributed by atoms with Crippen molar-refractivity contribution >= 4 is 17.9 Å². The molecule has 0 saturated heterocycles. The molecule has 4 N–H and O–H groups in total. The van der Waals surface area contributed by atoms with Crippen LogP contribution in [0, 0.1) is 5.92 Å². The molecule has 8 nitrogen and oxygen atoms in total. The van der Waals surface area contributed by atoms with Gasteiger partial charge >= 0.3 is 12.0 Å². The van der Waals surface area contributed by atoms with Gasteiger partial charge in [0.2, 0.25) is 5.91 Å². The van der Waals surface area contributed by atoms with Crippen LogP contribution in [0.1, 0.15) is 30.5 Å². The number of hydrogen-bond donors (Lipinski definition) is 4. The number of alkyl halides is 2. The molecule has 0 saturated carbocycles. The minimum Gasteiger partial charge on any atom is -0.445 e. The van der Waals surface area contributed by atoms with Gasteiger partial charge in [-0.3, -0.25) is 9.59 Å². The summed E-state index contributed by atoms with van der Waals surface area (Å²) in [6.07, 6.45) is -3.63. The van der Waals surface area contributed by atoms with Gasteiger partial charge in [-0.05, 0) is 29.0 Å². The molecule has 3 aromatic rings. The Labute approximate surface area is 238 Å². The third kappa shape index (κ3) is 9.39. The highest BCUT2D eigenvalue weighted by atomic mass is 19.3. The molecule has 0 spiro atoms. The standard InChI is InChI=1S/C31H35F2N3O5/c1-21(2)26(36-30(40)41-20-24-16-10-5-11-17-24)28(38)35-25(18-22-12-6-3-7-13-22)27(37)31(32,33)29(39)34-19-23-14-8-4-9-15-23/h3-17,21,25-27,37H,18-20H2,1-2H3,(H,34,39)(H,35,38)(H,36,40)/t25-,26-,27?/m0/s1. The van der Waals surface area contributed by atoms with Gasteiger partial charge in [0, 0.05) is 6.54 Å². The lowest BCUT2D eigenvalue weighted by Crippen LogP contribution is -2.61. The Bertz CT molecular complexity index is 1260. The normalized spacial score (nSPS) is 13.5. The Balaban J connectivity index is 1.72. The summed E-state index contributed by atoms with van der Waals surface area (Å²) in [6, 6.07) is 23.1. The molecule has 0 aliphatic carbocycles. The lowest BCUT2D eigenvalue weighted by atomic mass is 9.95. The average Bonchev–Trinajstić information content (AvgIpc) is 2.98. The van der Waals surface area contributed by atoms with E-state index in [0.717, 1.165) is 5.56 Å². The molecule has 0 aliphatic heterocycles. The zero-order valence-corrected chi connectivity index (χ0v) is 22.9. The summed E-state index contributed by atoms with van der Waals surface area (Å²) in [6.45, 7) is 3.13. The van der Waals surface area contributed by atoms with Gasteiger partial charge in [0.15, 0.2) is 0 Å². The minimum atomic E-state index is -4.24. The number of ether oxygens (including phenoxy) is 1. The van der Waals surface area contributed by atoms with Crippen LogP contribution in [0.2, 0.25) is 0 Å². The Kier molecular flexibility index (Phi) is 11.3. The largest absolute Gasteiger partial charge is 0.445 e. The van der Waals surface area contributed by atoms with E-state index >= 15 is 8.78 Å². The van der Waals surface area contributed by atoms with E-state index in [1.807, 2.05) is 6.07 Å². The molecule has 0 aromatic heterocycles. The lowest BCUT2D eigenvalue weighted by molar-refractivity contribution is -0.168. The smallest absolute Gasteiger partial charge is 0.408 e. The van der Waals surface area contributed by atoms with Crippen LogP contribution in [-0.4, -0.2) is 47.1 Å². The second kappa shape index (κ2) is 14.9.